The van der Waals surface area contributed by atoms with E-state index in [1.54, 1.807) is 17.0 Å². The monoisotopic (exact) mass is 365 g/mol. The lowest BCUT2D eigenvalue weighted by molar-refractivity contribution is -0.122. The van der Waals surface area contributed by atoms with Crippen LogP contribution in [0.2, 0.25) is 0 Å². The van der Waals surface area contributed by atoms with Gasteiger partial charge in [-0.05, 0) is 37.1 Å². The standard InChI is InChI=1S/C22H23NO4/c24-15-17-11-13-18(14-12-17)22(26)27-16-21(25)23(19-7-3-1-4-8-19)20-9-5-2-6-10-20/h1,3-4,7-8,11-15,20H,2,5-6,9-10,16H2. The molecule has 0 unspecified atom stereocenters. The van der Waals surface area contributed by atoms with E-state index in [4.69, 9.17) is 4.74 Å². The molecule has 1 amide bonds. The Kier molecular flexibility index (Phi) is 6.36. The highest BCUT2D eigenvalue weighted by atomic mass is 16.5. The highest BCUT2D eigenvalue weighted by molar-refractivity contribution is 5.97. The van der Waals surface area contributed by atoms with Gasteiger partial charge < -0.3 is 9.64 Å². The molecule has 0 aromatic heterocycles. The third-order valence-corrected chi connectivity index (χ3v) is 4.85. The fourth-order valence-corrected chi connectivity index (χ4v) is 3.46. The molecule has 2 aromatic rings. The van der Waals surface area contributed by atoms with Gasteiger partial charge in [-0.15, -0.1) is 0 Å². The second-order valence-electron chi connectivity index (χ2n) is 6.71. The van der Waals surface area contributed by atoms with Crippen molar-refractivity contribution in [2.45, 2.75) is 38.1 Å². The largest absolute Gasteiger partial charge is 0.452 e. The quantitative estimate of drug-likeness (QED) is 0.573. The number of ether oxygens (including phenoxy) is 1. The molecule has 1 aliphatic rings. The maximum absolute atomic E-state index is 12.9. The smallest absolute Gasteiger partial charge is 0.338 e. The van der Waals surface area contributed by atoms with Crippen LogP contribution in [0, 0.1) is 0 Å². The van der Waals surface area contributed by atoms with Crippen LogP contribution in [0.4, 0.5) is 5.69 Å². The molecule has 0 saturated heterocycles. The van der Waals surface area contributed by atoms with Gasteiger partial charge in [0, 0.05) is 17.3 Å². The summed E-state index contributed by atoms with van der Waals surface area (Å²) in [6, 6.07) is 15.8. The number of carbonyl (C=O) groups excluding carboxylic acids is 3. The van der Waals surface area contributed by atoms with Crippen molar-refractivity contribution >= 4 is 23.9 Å². The number of carbonyl (C=O) groups is 3. The van der Waals surface area contributed by atoms with Crippen molar-refractivity contribution in [3.8, 4) is 0 Å². The average molecular weight is 365 g/mol. The lowest BCUT2D eigenvalue weighted by atomic mass is 9.93. The van der Waals surface area contributed by atoms with E-state index in [-0.39, 0.29) is 18.6 Å². The van der Waals surface area contributed by atoms with Gasteiger partial charge in [-0.1, -0.05) is 49.6 Å². The minimum absolute atomic E-state index is 0.138. The van der Waals surface area contributed by atoms with Gasteiger partial charge in [0.05, 0.1) is 5.56 Å². The Labute approximate surface area is 158 Å². The maximum atomic E-state index is 12.9. The summed E-state index contributed by atoms with van der Waals surface area (Å²) in [5.74, 6) is -0.789. The summed E-state index contributed by atoms with van der Waals surface area (Å²) in [5, 5.41) is 0. The third kappa shape index (κ3) is 4.82. The molecule has 0 atom stereocenters. The first kappa shape index (κ1) is 18.8. The van der Waals surface area contributed by atoms with E-state index in [0.717, 1.165) is 31.4 Å². The summed E-state index contributed by atoms with van der Waals surface area (Å²) in [7, 11) is 0. The number of esters is 1. The number of aldehydes is 1. The van der Waals surface area contributed by atoms with E-state index in [0.29, 0.717) is 17.4 Å². The molecule has 2 aromatic carbocycles. The van der Waals surface area contributed by atoms with Crippen LogP contribution in [0.5, 0.6) is 0 Å². The van der Waals surface area contributed by atoms with Gasteiger partial charge in [-0.2, -0.15) is 0 Å². The normalized spacial score (nSPS) is 14.4. The van der Waals surface area contributed by atoms with E-state index >= 15 is 0 Å². The van der Waals surface area contributed by atoms with Crippen molar-refractivity contribution in [1.29, 1.82) is 0 Å². The maximum Gasteiger partial charge on any atom is 0.338 e. The zero-order valence-electron chi connectivity index (χ0n) is 15.2. The van der Waals surface area contributed by atoms with Crippen LogP contribution in [-0.2, 0) is 9.53 Å². The van der Waals surface area contributed by atoms with Gasteiger partial charge in [-0.3, -0.25) is 9.59 Å². The van der Waals surface area contributed by atoms with Crippen LogP contribution in [-0.4, -0.2) is 30.8 Å². The van der Waals surface area contributed by atoms with Crippen LogP contribution >= 0.6 is 0 Å². The Morgan fingerprint density at radius 1 is 0.963 bits per heavy atom. The van der Waals surface area contributed by atoms with Gasteiger partial charge in [0.15, 0.2) is 6.61 Å². The van der Waals surface area contributed by atoms with Gasteiger partial charge in [0.2, 0.25) is 0 Å². The lowest BCUT2D eigenvalue weighted by Gasteiger charge is -2.34. The number of para-hydroxylation sites is 1. The summed E-state index contributed by atoms with van der Waals surface area (Å²) in [5.41, 5.74) is 1.63. The van der Waals surface area contributed by atoms with Crippen LogP contribution in [0.1, 0.15) is 52.8 Å². The molecule has 1 fully saturated rings. The molecular weight excluding hydrogens is 342 g/mol. The number of amides is 1. The first-order chi connectivity index (χ1) is 13.2. The molecular formula is C22H23NO4. The van der Waals surface area contributed by atoms with Crippen LogP contribution < -0.4 is 4.90 Å². The zero-order valence-corrected chi connectivity index (χ0v) is 15.2. The van der Waals surface area contributed by atoms with Gasteiger partial charge in [0.25, 0.3) is 5.91 Å². The lowest BCUT2D eigenvalue weighted by Crippen LogP contribution is -2.43. The molecule has 140 valence electrons. The summed E-state index contributed by atoms with van der Waals surface area (Å²) >= 11 is 0. The Hall–Kier alpha value is -2.95. The minimum atomic E-state index is -0.572. The van der Waals surface area contributed by atoms with Gasteiger partial charge in [0.1, 0.15) is 6.29 Å². The molecule has 0 spiro atoms. The fourth-order valence-electron chi connectivity index (χ4n) is 3.46. The Bertz CT molecular complexity index is 780. The summed E-state index contributed by atoms with van der Waals surface area (Å²) in [4.78, 5) is 37.6. The van der Waals surface area contributed by atoms with E-state index < -0.39 is 5.97 Å². The first-order valence-corrected chi connectivity index (χ1v) is 9.28. The molecule has 5 nitrogen and oxygen atoms in total. The van der Waals surface area contributed by atoms with Crippen molar-refractivity contribution in [2.24, 2.45) is 0 Å². The molecule has 0 N–H and O–H groups in total. The Morgan fingerprint density at radius 2 is 1.63 bits per heavy atom. The summed E-state index contributed by atoms with van der Waals surface area (Å²) in [6.45, 7) is -0.306. The van der Waals surface area contributed by atoms with E-state index in [9.17, 15) is 14.4 Å². The average Bonchev–Trinajstić information content (AvgIpc) is 2.74. The number of anilines is 1. The SMILES string of the molecule is O=Cc1ccc(C(=O)OCC(=O)N(c2ccccc2)C2CCCCC2)cc1. The van der Waals surface area contributed by atoms with Crippen molar-refractivity contribution in [2.75, 3.05) is 11.5 Å². The zero-order chi connectivity index (χ0) is 19.1. The number of hydrogen-bond acceptors (Lipinski definition) is 4. The Balaban J connectivity index is 1.68. The number of nitrogens with zero attached hydrogens (tertiary/aromatic N) is 1. The van der Waals surface area contributed by atoms with Gasteiger partial charge >= 0.3 is 5.97 Å². The molecule has 0 bridgehead atoms. The van der Waals surface area contributed by atoms with E-state index in [1.807, 2.05) is 30.3 Å². The van der Waals surface area contributed by atoms with E-state index in [1.165, 1.54) is 18.6 Å². The van der Waals surface area contributed by atoms with Crippen LogP contribution in [0.15, 0.2) is 54.6 Å². The predicted molar refractivity (Wildman–Crippen MR) is 103 cm³/mol. The van der Waals surface area contributed by atoms with E-state index in [2.05, 4.69) is 0 Å². The molecule has 27 heavy (non-hydrogen) atoms. The van der Waals surface area contributed by atoms with Crippen molar-refractivity contribution in [3.05, 3.63) is 65.7 Å². The van der Waals surface area contributed by atoms with Crippen molar-refractivity contribution in [1.82, 2.24) is 0 Å². The summed E-state index contributed by atoms with van der Waals surface area (Å²) in [6.07, 6.45) is 6.03. The molecule has 0 heterocycles. The highest BCUT2D eigenvalue weighted by Crippen LogP contribution is 2.27. The molecule has 3 rings (SSSR count). The molecule has 5 heteroatoms. The third-order valence-electron chi connectivity index (χ3n) is 4.85. The second kappa shape index (κ2) is 9.12. The predicted octanol–water partition coefficient (Wildman–Crippen LogP) is 4.02. The topological polar surface area (TPSA) is 63.7 Å². The molecule has 0 aliphatic heterocycles. The number of benzene rings is 2. The van der Waals surface area contributed by atoms with Crippen LogP contribution in [0.3, 0.4) is 0 Å². The van der Waals surface area contributed by atoms with Crippen molar-refractivity contribution < 1.29 is 19.1 Å². The molecule has 0 radical (unpaired) electrons. The molecule has 1 aliphatic carbocycles. The highest BCUT2D eigenvalue weighted by Gasteiger charge is 2.27. The van der Waals surface area contributed by atoms with Crippen molar-refractivity contribution in [3.63, 3.8) is 0 Å². The fraction of sp³-hybridized carbons (Fsp3) is 0.318. The minimum Gasteiger partial charge on any atom is -0.452 e. The number of rotatable bonds is 6. The number of hydrogen-bond donors (Lipinski definition) is 0. The second-order valence-corrected chi connectivity index (χ2v) is 6.71. The van der Waals surface area contributed by atoms with Gasteiger partial charge in [-0.25, -0.2) is 4.79 Å². The van der Waals surface area contributed by atoms with Crippen LogP contribution in [0.25, 0.3) is 0 Å². The first-order valence-electron chi connectivity index (χ1n) is 9.28. The summed E-state index contributed by atoms with van der Waals surface area (Å²) < 4.78 is 5.24. The molecule has 1 saturated carbocycles. The Morgan fingerprint density at radius 3 is 2.26 bits per heavy atom.